The highest BCUT2D eigenvalue weighted by Crippen LogP contribution is 2.21. The van der Waals surface area contributed by atoms with Crippen LogP contribution in [0.25, 0.3) is 0 Å². The van der Waals surface area contributed by atoms with Gasteiger partial charge in [0.15, 0.2) is 0 Å². The van der Waals surface area contributed by atoms with Crippen molar-refractivity contribution >= 4 is 5.91 Å². The van der Waals surface area contributed by atoms with Crippen LogP contribution in [0.5, 0.6) is 0 Å². The molecule has 2 N–H and O–H groups in total. The lowest BCUT2D eigenvalue weighted by atomic mass is 9.95. The monoisotopic (exact) mass is 318 g/mol. The molecule has 1 amide bonds. The third kappa shape index (κ3) is 4.26. The first-order valence-electron chi connectivity index (χ1n) is 8.64. The Kier molecular flexibility index (Phi) is 5.23. The van der Waals surface area contributed by atoms with Gasteiger partial charge < -0.3 is 10.4 Å². The molecule has 0 saturated carbocycles. The number of β-amino-alcohol motifs (C(OH)–C–C–N with tert-alkyl or cyclic N) is 1. The van der Waals surface area contributed by atoms with Gasteiger partial charge in [0.2, 0.25) is 5.91 Å². The van der Waals surface area contributed by atoms with Crippen LogP contribution < -0.4 is 5.32 Å². The SMILES string of the molecule is Cc1nc(CNC(=O)CN2CCC[C@@H](O)C2)nc2c1CCCC2. The van der Waals surface area contributed by atoms with Gasteiger partial charge in [-0.05, 0) is 57.6 Å². The second-order valence-electron chi connectivity index (χ2n) is 6.67. The number of aryl methyl sites for hydroxylation is 2. The van der Waals surface area contributed by atoms with Crippen LogP contribution in [0.2, 0.25) is 0 Å². The topological polar surface area (TPSA) is 78.4 Å². The second kappa shape index (κ2) is 7.36. The average molecular weight is 318 g/mol. The number of aliphatic hydroxyl groups excluding tert-OH is 1. The van der Waals surface area contributed by atoms with Crippen molar-refractivity contribution in [3.63, 3.8) is 0 Å². The van der Waals surface area contributed by atoms with Crippen molar-refractivity contribution < 1.29 is 9.90 Å². The molecule has 0 aromatic carbocycles. The van der Waals surface area contributed by atoms with E-state index in [1.54, 1.807) is 0 Å². The van der Waals surface area contributed by atoms with Gasteiger partial charge in [0.25, 0.3) is 0 Å². The second-order valence-corrected chi connectivity index (χ2v) is 6.67. The van der Waals surface area contributed by atoms with E-state index in [-0.39, 0.29) is 12.0 Å². The Bertz CT molecular complexity index is 576. The lowest BCUT2D eigenvalue weighted by Gasteiger charge is -2.29. The van der Waals surface area contributed by atoms with E-state index in [9.17, 15) is 9.90 Å². The van der Waals surface area contributed by atoms with Gasteiger partial charge in [-0.25, -0.2) is 9.97 Å². The molecular formula is C17H26N4O2. The van der Waals surface area contributed by atoms with Crippen molar-refractivity contribution in [1.29, 1.82) is 0 Å². The van der Waals surface area contributed by atoms with E-state index in [0.29, 0.717) is 25.5 Å². The number of rotatable bonds is 4. The molecule has 1 aromatic heterocycles. The van der Waals surface area contributed by atoms with E-state index in [0.717, 1.165) is 43.6 Å². The summed E-state index contributed by atoms with van der Waals surface area (Å²) in [5.74, 6) is 0.674. The van der Waals surface area contributed by atoms with Crippen molar-refractivity contribution in [2.24, 2.45) is 0 Å². The fourth-order valence-corrected chi connectivity index (χ4v) is 3.53. The molecule has 2 heterocycles. The molecule has 0 unspecified atom stereocenters. The van der Waals surface area contributed by atoms with E-state index >= 15 is 0 Å². The number of hydrogen-bond donors (Lipinski definition) is 2. The molecule has 1 aliphatic heterocycles. The largest absolute Gasteiger partial charge is 0.392 e. The van der Waals surface area contributed by atoms with Crippen molar-refractivity contribution in [2.75, 3.05) is 19.6 Å². The fraction of sp³-hybridized carbons (Fsp3) is 0.706. The minimum atomic E-state index is -0.303. The Balaban J connectivity index is 1.53. The molecule has 1 atom stereocenters. The number of nitrogens with one attached hydrogen (secondary N) is 1. The van der Waals surface area contributed by atoms with Crippen molar-refractivity contribution in [3.05, 3.63) is 22.8 Å². The number of carbonyl (C=O) groups is 1. The molecule has 1 fully saturated rings. The first-order chi connectivity index (χ1) is 11.1. The Morgan fingerprint density at radius 2 is 2.13 bits per heavy atom. The maximum atomic E-state index is 12.1. The molecule has 126 valence electrons. The van der Waals surface area contributed by atoms with Crippen LogP contribution >= 0.6 is 0 Å². The summed E-state index contributed by atoms with van der Waals surface area (Å²) < 4.78 is 0. The summed E-state index contributed by atoms with van der Waals surface area (Å²) in [6.45, 7) is 4.21. The summed E-state index contributed by atoms with van der Waals surface area (Å²) in [5.41, 5.74) is 3.51. The van der Waals surface area contributed by atoms with E-state index in [2.05, 4.69) is 15.3 Å². The molecule has 6 heteroatoms. The first kappa shape index (κ1) is 16.3. The summed E-state index contributed by atoms with van der Waals surface area (Å²) in [5, 5.41) is 12.6. The molecule has 2 aliphatic rings. The highest BCUT2D eigenvalue weighted by Gasteiger charge is 2.20. The minimum Gasteiger partial charge on any atom is -0.392 e. The summed E-state index contributed by atoms with van der Waals surface area (Å²) in [7, 11) is 0. The lowest BCUT2D eigenvalue weighted by Crippen LogP contribution is -2.44. The summed E-state index contributed by atoms with van der Waals surface area (Å²) in [6.07, 6.45) is 5.98. The number of aromatic nitrogens is 2. The van der Waals surface area contributed by atoms with Crippen LogP contribution in [0.1, 0.15) is 48.5 Å². The number of carbonyl (C=O) groups excluding carboxylic acids is 1. The third-order valence-corrected chi connectivity index (χ3v) is 4.73. The predicted octanol–water partition coefficient (Wildman–Crippen LogP) is 0.737. The van der Waals surface area contributed by atoms with E-state index in [4.69, 9.17) is 0 Å². The molecular weight excluding hydrogens is 292 g/mol. The molecule has 1 saturated heterocycles. The lowest BCUT2D eigenvalue weighted by molar-refractivity contribution is -0.123. The molecule has 23 heavy (non-hydrogen) atoms. The van der Waals surface area contributed by atoms with Gasteiger partial charge >= 0.3 is 0 Å². The maximum Gasteiger partial charge on any atom is 0.234 e. The predicted molar refractivity (Wildman–Crippen MR) is 86.9 cm³/mol. The highest BCUT2D eigenvalue weighted by molar-refractivity contribution is 5.77. The van der Waals surface area contributed by atoms with Crippen LogP contribution in [0.3, 0.4) is 0 Å². The van der Waals surface area contributed by atoms with Gasteiger partial charge in [-0.2, -0.15) is 0 Å². The fourth-order valence-electron chi connectivity index (χ4n) is 3.53. The quantitative estimate of drug-likeness (QED) is 0.856. The number of nitrogens with zero attached hydrogens (tertiary/aromatic N) is 3. The van der Waals surface area contributed by atoms with Crippen molar-refractivity contribution in [3.8, 4) is 0 Å². The zero-order chi connectivity index (χ0) is 16.2. The van der Waals surface area contributed by atoms with Crippen LogP contribution in [-0.4, -0.2) is 51.6 Å². The van der Waals surface area contributed by atoms with Gasteiger partial charge in [0, 0.05) is 17.9 Å². The van der Waals surface area contributed by atoms with Crippen molar-refractivity contribution in [2.45, 2.75) is 58.1 Å². The number of amides is 1. The molecule has 0 radical (unpaired) electrons. The first-order valence-corrected chi connectivity index (χ1v) is 8.64. The molecule has 0 spiro atoms. The Labute approximate surface area is 137 Å². The van der Waals surface area contributed by atoms with Gasteiger partial charge in [-0.15, -0.1) is 0 Å². The molecule has 1 aliphatic carbocycles. The Hall–Kier alpha value is -1.53. The van der Waals surface area contributed by atoms with E-state index in [1.807, 2.05) is 11.8 Å². The maximum absolute atomic E-state index is 12.1. The summed E-state index contributed by atoms with van der Waals surface area (Å²) >= 11 is 0. The van der Waals surface area contributed by atoms with Gasteiger partial charge in [-0.1, -0.05) is 0 Å². The summed E-state index contributed by atoms with van der Waals surface area (Å²) in [4.78, 5) is 23.2. The van der Waals surface area contributed by atoms with Gasteiger partial charge in [0.05, 0.1) is 19.2 Å². The van der Waals surface area contributed by atoms with Gasteiger partial charge in [0.1, 0.15) is 5.82 Å². The Morgan fingerprint density at radius 1 is 1.30 bits per heavy atom. The van der Waals surface area contributed by atoms with Crippen LogP contribution in [0.4, 0.5) is 0 Å². The number of likely N-dealkylation sites (tertiary alicyclic amines) is 1. The molecule has 1 aromatic rings. The van der Waals surface area contributed by atoms with Crippen LogP contribution in [0.15, 0.2) is 0 Å². The summed E-state index contributed by atoms with van der Waals surface area (Å²) in [6, 6.07) is 0. The minimum absolute atomic E-state index is 0.0296. The molecule has 6 nitrogen and oxygen atoms in total. The molecule has 0 bridgehead atoms. The zero-order valence-electron chi connectivity index (χ0n) is 13.8. The number of hydrogen-bond acceptors (Lipinski definition) is 5. The smallest absolute Gasteiger partial charge is 0.234 e. The average Bonchev–Trinajstić information content (AvgIpc) is 2.53. The van der Waals surface area contributed by atoms with Crippen molar-refractivity contribution in [1.82, 2.24) is 20.2 Å². The van der Waals surface area contributed by atoms with Crippen LogP contribution in [-0.2, 0) is 24.2 Å². The standard InChI is InChI=1S/C17H26N4O2/c1-12-14-6-2-3-7-15(14)20-16(19-12)9-18-17(23)11-21-8-4-5-13(22)10-21/h13,22H,2-11H2,1H3,(H,18,23)/t13-/m1/s1. The van der Waals surface area contributed by atoms with E-state index < -0.39 is 0 Å². The zero-order valence-corrected chi connectivity index (χ0v) is 13.8. The number of fused-ring (bicyclic) bond motifs is 1. The van der Waals surface area contributed by atoms with E-state index in [1.165, 1.54) is 18.4 Å². The molecule has 3 rings (SSSR count). The van der Waals surface area contributed by atoms with Crippen LogP contribution in [0, 0.1) is 6.92 Å². The Morgan fingerprint density at radius 3 is 2.96 bits per heavy atom. The number of aliphatic hydroxyl groups is 1. The number of piperidine rings is 1. The third-order valence-electron chi connectivity index (χ3n) is 4.73. The normalized spacial score (nSPS) is 21.7. The van der Waals surface area contributed by atoms with Gasteiger partial charge in [-0.3, -0.25) is 9.69 Å². The highest BCUT2D eigenvalue weighted by atomic mass is 16.3.